The Hall–Kier alpha value is -3.83. The highest BCUT2D eigenvalue weighted by molar-refractivity contribution is 6.07. The van der Waals surface area contributed by atoms with Crippen LogP contribution in [0.25, 0.3) is 11.1 Å². The van der Waals surface area contributed by atoms with Gasteiger partial charge in [-0.15, -0.1) is 0 Å². The fourth-order valence-corrected chi connectivity index (χ4v) is 5.17. The SMILES string of the molecule is COc1cccc(C(=O)Nc2cc(-c3cnc(N4CCOCC4)nc3)c(F)cc2N2C[C@@H](C)N(C)[C@@H](C)C2)c1F. The number of methoxy groups -OCH3 is 1. The second-order valence-electron chi connectivity index (χ2n) is 10.3. The number of benzene rings is 2. The predicted molar refractivity (Wildman–Crippen MR) is 150 cm³/mol. The van der Waals surface area contributed by atoms with Gasteiger partial charge in [-0.05, 0) is 45.2 Å². The first-order chi connectivity index (χ1) is 19.3. The van der Waals surface area contributed by atoms with Crippen LogP contribution in [0.2, 0.25) is 0 Å². The van der Waals surface area contributed by atoms with Crippen LogP contribution in [0.5, 0.6) is 5.75 Å². The number of anilines is 3. The second kappa shape index (κ2) is 11.7. The van der Waals surface area contributed by atoms with E-state index in [1.165, 1.54) is 25.3 Å². The van der Waals surface area contributed by atoms with E-state index in [-0.39, 0.29) is 29.0 Å². The number of nitrogens with zero attached hydrogens (tertiary/aromatic N) is 5. The third kappa shape index (κ3) is 5.57. The van der Waals surface area contributed by atoms with E-state index >= 15 is 4.39 Å². The summed E-state index contributed by atoms with van der Waals surface area (Å²) >= 11 is 0. The van der Waals surface area contributed by atoms with Crippen molar-refractivity contribution >= 4 is 23.2 Å². The summed E-state index contributed by atoms with van der Waals surface area (Å²) in [5.41, 5.74) is 1.41. The van der Waals surface area contributed by atoms with E-state index in [0.29, 0.717) is 62.3 Å². The number of ether oxygens (including phenoxy) is 2. The van der Waals surface area contributed by atoms with E-state index in [2.05, 4.69) is 46.0 Å². The summed E-state index contributed by atoms with van der Waals surface area (Å²) in [5.74, 6) is -1.38. The first-order valence-corrected chi connectivity index (χ1v) is 13.4. The summed E-state index contributed by atoms with van der Waals surface area (Å²) in [6, 6.07) is 7.77. The van der Waals surface area contributed by atoms with Gasteiger partial charge in [0.05, 0.1) is 37.3 Å². The first-order valence-electron chi connectivity index (χ1n) is 13.4. The number of amides is 1. The highest BCUT2D eigenvalue weighted by atomic mass is 19.1. The quantitative estimate of drug-likeness (QED) is 0.491. The molecule has 3 aromatic rings. The molecule has 5 rings (SSSR count). The van der Waals surface area contributed by atoms with Crippen molar-refractivity contribution in [3.63, 3.8) is 0 Å². The van der Waals surface area contributed by atoms with E-state index in [4.69, 9.17) is 9.47 Å². The van der Waals surface area contributed by atoms with Crippen LogP contribution in [-0.4, -0.2) is 86.4 Å². The lowest BCUT2D eigenvalue weighted by Crippen LogP contribution is -2.55. The van der Waals surface area contributed by atoms with Gasteiger partial charge in [0.2, 0.25) is 5.95 Å². The third-order valence-electron chi connectivity index (χ3n) is 7.70. The number of carbonyl (C=O) groups is 1. The Morgan fingerprint density at radius 2 is 1.73 bits per heavy atom. The number of nitrogens with one attached hydrogen (secondary N) is 1. The van der Waals surface area contributed by atoms with Gasteiger partial charge in [-0.3, -0.25) is 9.69 Å². The Morgan fingerprint density at radius 3 is 2.38 bits per heavy atom. The molecule has 40 heavy (non-hydrogen) atoms. The number of halogens is 2. The van der Waals surface area contributed by atoms with Crippen LogP contribution in [0.3, 0.4) is 0 Å². The summed E-state index contributed by atoms with van der Waals surface area (Å²) in [7, 11) is 3.40. The first kappa shape index (κ1) is 27.7. The minimum Gasteiger partial charge on any atom is -0.494 e. The highest BCUT2D eigenvalue weighted by Crippen LogP contribution is 2.36. The summed E-state index contributed by atoms with van der Waals surface area (Å²) in [5, 5.41) is 2.84. The molecule has 0 saturated carbocycles. The molecule has 1 aromatic heterocycles. The molecular weight excluding hydrogens is 518 g/mol. The number of hydrogen-bond donors (Lipinski definition) is 1. The van der Waals surface area contributed by atoms with Gasteiger partial charge in [0, 0.05) is 61.8 Å². The van der Waals surface area contributed by atoms with Crippen molar-refractivity contribution in [3.8, 4) is 16.9 Å². The van der Waals surface area contributed by atoms with Crippen LogP contribution >= 0.6 is 0 Å². The van der Waals surface area contributed by atoms with Crippen molar-refractivity contribution < 1.29 is 23.0 Å². The van der Waals surface area contributed by atoms with E-state index < -0.39 is 17.5 Å². The molecule has 11 heteroatoms. The van der Waals surface area contributed by atoms with Crippen LogP contribution in [-0.2, 0) is 4.74 Å². The minimum atomic E-state index is -0.764. The third-order valence-corrected chi connectivity index (χ3v) is 7.70. The normalized spacial score (nSPS) is 19.9. The fourth-order valence-electron chi connectivity index (χ4n) is 5.17. The maximum absolute atomic E-state index is 15.7. The van der Waals surface area contributed by atoms with Gasteiger partial charge in [-0.25, -0.2) is 18.7 Å². The zero-order valence-corrected chi connectivity index (χ0v) is 23.2. The Balaban J connectivity index is 1.52. The molecule has 2 fully saturated rings. The zero-order valence-electron chi connectivity index (χ0n) is 23.2. The van der Waals surface area contributed by atoms with E-state index in [1.807, 2.05) is 4.90 Å². The standard InChI is InChI=1S/C29H34F2N6O3/c1-18-16-37(17-19(2)35(18)3)25-13-23(30)22(20-14-32-29(33-15-20)36-8-10-40-11-9-36)12-24(25)34-28(38)21-6-5-7-26(39-4)27(21)31/h5-7,12-15,18-19H,8-11,16-17H2,1-4H3,(H,34,38)/t18-,19+. The minimum absolute atomic E-state index is 0.0353. The van der Waals surface area contributed by atoms with Crippen LogP contribution in [0.4, 0.5) is 26.1 Å². The largest absolute Gasteiger partial charge is 0.494 e. The predicted octanol–water partition coefficient (Wildman–Crippen LogP) is 4.05. The molecule has 2 saturated heterocycles. The summed E-state index contributed by atoms with van der Waals surface area (Å²) < 4.78 is 41.1. The fraction of sp³-hybridized carbons (Fsp3) is 0.414. The van der Waals surface area contributed by atoms with Crippen molar-refractivity contribution in [1.82, 2.24) is 14.9 Å². The number of hydrogen-bond acceptors (Lipinski definition) is 8. The monoisotopic (exact) mass is 552 g/mol. The number of aromatic nitrogens is 2. The van der Waals surface area contributed by atoms with E-state index in [0.717, 1.165) is 0 Å². The molecule has 0 unspecified atom stereocenters. The number of morpholine rings is 1. The molecule has 0 aliphatic carbocycles. The van der Waals surface area contributed by atoms with Gasteiger partial charge in [0.15, 0.2) is 11.6 Å². The average molecular weight is 553 g/mol. The number of carbonyl (C=O) groups excluding carboxylic acids is 1. The van der Waals surface area contributed by atoms with E-state index in [9.17, 15) is 9.18 Å². The van der Waals surface area contributed by atoms with E-state index in [1.54, 1.807) is 24.5 Å². The molecule has 1 N–H and O–H groups in total. The zero-order chi connectivity index (χ0) is 28.4. The summed E-state index contributed by atoms with van der Waals surface area (Å²) in [6.07, 6.45) is 3.15. The maximum Gasteiger partial charge on any atom is 0.258 e. The molecular formula is C29H34F2N6O3. The van der Waals surface area contributed by atoms with Crippen LogP contribution in [0.1, 0.15) is 24.2 Å². The Kier molecular flexibility index (Phi) is 8.13. The van der Waals surface area contributed by atoms with Gasteiger partial charge in [0.25, 0.3) is 5.91 Å². The van der Waals surface area contributed by atoms with Crippen molar-refractivity contribution in [3.05, 3.63) is 59.9 Å². The van der Waals surface area contributed by atoms with Crippen LogP contribution in [0.15, 0.2) is 42.7 Å². The number of rotatable bonds is 6. The molecule has 2 aromatic carbocycles. The highest BCUT2D eigenvalue weighted by Gasteiger charge is 2.29. The summed E-state index contributed by atoms with van der Waals surface area (Å²) in [6.45, 7) is 8.03. The van der Waals surface area contributed by atoms with Gasteiger partial charge < -0.3 is 24.6 Å². The van der Waals surface area contributed by atoms with Gasteiger partial charge in [-0.1, -0.05) is 6.07 Å². The molecule has 1 amide bonds. The summed E-state index contributed by atoms with van der Waals surface area (Å²) in [4.78, 5) is 28.5. The van der Waals surface area contributed by atoms with Crippen molar-refractivity contribution in [2.75, 3.05) is 68.7 Å². The molecule has 0 radical (unpaired) electrons. The molecule has 0 spiro atoms. The van der Waals surface area contributed by atoms with Crippen LogP contribution in [0, 0.1) is 11.6 Å². The lowest BCUT2D eigenvalue weighted by Gasteiger charge is -2.44. The van der Waals surface area contributed by atoms with Crippen LogP contribution < -0.4 is 19.9 Å². The average Bonchev–Trinajstić information content (AvgIpc) is 2.97. The molecule has 212 valence electrons. The van der Waals surface area contributed by atoms with Gasteiger partial charge in [-0.2, -0.15) is 0 Å². The van der Waals surface area contributed by atoms with Gasteiger partial charge in [0.1, 0.15) is 5.82 Å². The Bertz CT molecular complexity index is 1350. The maximum atomic E-state index is 15.7. The smallest absolute Gasteiger partial charge is 0.258 e. The Morgan fingerprint density at radius 1 is 1.05 bits per heavy atom. The molecule has 2 aliphatic heterocycles. The van der Waals surface area contributed by atoms with Crippen molar-refractivity contribution in [2.24, 2.45) is 0 Å². The topological polar surface area (TPSA) is 83.1 Å². The molecule has 3 heterocycles. The lowest BCUT2D eigenvalue weighted by atomic mass is 10.0. The molecule has 0 bridgehead atoms. The van der Waals surface area contributed by atoms with Crippen molar-refractivity contribution in [2.45, 2.75) is 25.9 Å². The molecule has 2 atom stereocenters. The Labute approximate surface area is 232 Å². The lowest BCUT2D eigenvalue weighted by molar-refractivity contribution is 0.102. The van der Waals surface area contributed by atoms with Gasteiger partial charge >= 0.3 is 0 Å². The number of piperazine rings is 1. The van der Waals surface area contributed by atoms with Crippen molar-refractivity contribution in [1.29, 1.82) is 0 Å². The molecule has 2 aliphatic rings. The second-order valence-corrected chi connectivity index (χ2v) is 10.3. The molecule has 9 nitrogen and oxygen atoms in total. The number of likely N-dealkylation sites (N-methyl/N-ethyl adjacent to an activating group) is 1.